The van der Waals surface area contributed by atoms with Gasteiger partial charge in [0, 0.05) is 52.2 Å². The summed E-state index contributed by atoms with van der Waals surface area (Å²) in [5.41, 5.74) is 0.562. The number of aromatic nitrogens is 2. The summed E-state index contributed by atoms with van der Waals surface area (Å²) in [4.78, 5) is 27.1. The van der Waals surface area contributed by atoms with E-state index in [1.807, 2.05) is 7.05 Å². The normalized spacial score (nSPS) is 16.0. The molecule has 0 radical (unpaired) electrons. The Labute approximate surface area is 126 Å². The summed E-state index contributed by atoms with van der Waals surface area (Å²) in [6.45, 7) is 6.79. The van der Waals surface area contributed by atoms with Crippen molar-refractivity contribution in [2.24, 2.45) is 0 Å². The quantitative estimate of drug-likeness (QED) is 0.813. The molecule has 0 atom stereocenters. The molecule has 0 unspecified atom stereocenters. The number of carbonyl (C=O) groups is 1. The Morgan fingerprint density at radius 2 is 1.86 bits per heavy atom. The summed E-state index contributed by atoms with van der Waals surface area (Å²) in [6, 6.07) is 0. The van der Waals surface area contributed by atoms with Gasteiger partial charge in [0.05, 0.1) is 5.56 Å². The third kappa shape index (κ3) is 4.14. The number of amides is 1. The second-order valence-corrected chi connectivity index (χ2v) is 5.64. The van der Waals surface area contributed by atoms with E-state index in [9.17, 15) is 4.79 Å². The van der Waals surface area contributed by atoms with Gasteiger partial charge in [0.2, 0.25) is 5.95 Å². The minimum atomic E-state index is -0.00613. The predicted molar refractivity (Wildman–Crippen MR) is 83.6 cm³/mol. The molecule has 0 aromatic carbocycles. The Morgan fingerprint density at radius 1 is 1.24 bits per heavy atom. The van der Waals surface area contributed by atoms with Crippen LogP contribution in [0.15, 0.2) is 12.4 Å². The second-order valence-electron chi connectivity index (χ2n) is 5.64. The van der Waals surface area contributed by atoms with Crippen molar-refractivity contribution < 1.29 is 4.79 Å². The van der Waals surface area contributed by atoms with Gasteiger partial charge in [-0.05, 0) is 13.5 Å². The van der Waals surface area contributed by atoms with Crippen LogP contribution in [0.1, 0.15) is 30.1 Å². The van der Waals surface area contributed by atoms with Crippen LogP contribution in [0.5, 0.6) is 0 Å². The Bertz CT molecular complexity index is 454. The first-order chi connectivity index (χ1) is 10.1. The highest BCUT2D eigenvalue weighted by molar-refractivity contribution is 5.93. The van der Waals surface area contributed by atoms with Crippen molar-refractivity contribution in [1.29, 1.82) is 0 Å². The largest absolute Gasteiger partial charge is 0.342 e. The number of hydrogen-bond donors (Lipinski definition) is 0. The van der Waals surface area contributed by atoms with Crippen molar-refractivity contribution in [2.45, 2.75) is 19.8 Å². The lowest BCUT2D eigenvalue weighted by Gasteiger charge is -2.32. The van der Waals surface area contributed by atoms with Gasteiger partial charge in [0.1, 0.15) is 0 Å². The number of anilines is 1. The number of carbonyl (C=O) groups excluding carboxylic acids is 1. The van der Waals surface area contributed by atoms with Gasteiger partial charge in [0.25, 0.3) is 5.91 Å². The zero-order valence-electron chi connectivity index (χ0n) is 13.2. The van der Waals surface area contributed by atoms with E-state index in [4.69, 9.17) is 0 Å². The summed E-state index contributed by atoms with van der Waals surface area (Å²) in [7, 11) is 3.94. The molecule has 1 fully saturated rings. The fourth-order valence-corrected chi connectivity index (χ4v) is 2.32. The Morgan fingerprint density at radius 3 is 2.43 bits per heavy atom. The molecule has 6 heteroatoms. The van der Waals surface area contributed by atoms with Gasteiger partial charge in [-0.3, -0.25) is 4.79 Å². The van der Waals surface area contributed by atoms with Crippen LogP contribution in [-0.4, -0.2) is 72.5 Å². The zero-order chi connectivity index (χ0) is 15.2. The lowest BCUT2D eigenvalue weighted by atomic mass is 10.2. The van der Waals surface area contributed by atoms with Crippen LogP contribution < -0.4 is 4.90 Å². The Kier molecular flexibility index (Phi) is 5.50. The van der Waals surface area contributed by atoms with E-state index in [1.54, 1.807) is 17.3 Å². The molecule has 1 saturated heterocycles. The van der Waals surface area contributed by atoms with Gasteiger partial charge in [0.15, 0.2) is 0 Å². The SMILES string of the molecule is CCCCN(C)C(=O)c1cnc(N2CCN(C)CC2)nc1. The van der Waals surface area contributed by atoms with E-state index >= 15 is 0 Å². The molecular formula is C15H25N5O. The van der Waals surface area contributed by atoms with Gasteiger partial charge in [-0.2, -0.15) is 0 Å². The number of unbranched alkanes of at least 4 members (excludes halogenated alkanes) is 1. The highest BCUT2D eigenvalue weighted by Crippen LogP contribution is 2.11. The first-order valence-electron chi connectivity index (χ1n) is 7.62. The molecule has 116 valence electrons. The van der Waals surface area contributed by atoms with E-state index in [1.165, 1.54) is 0 Å². The fourth-order valence-electron chi connectivity index (χ4n) is 2.32. The number of hydrogen-bond acceptors (Lipinski definition) is 5. The van der Waals surface area contributed by atoms with Crippen molar-refractivity contribution in [3.05, 3.63) is 18.0 Å². The summed E-state index contributed by atoms with van der Waals surface area (Å²) in [6.07, 6.45) is 5.38. The van der Waals surface area contributed by atoms with Crippen LogP contribution in [-0.2, 0) is 0 Å². The van der Waals surface area contributed by atoms with Crippen molar-refractivity contribution in [1.82, 2.24) is 19.8 Å². The van der Waals surface area contributed by atoms with Crippen LogP contribution in [0.3, 0.4) is 0 Å². The van der Waals surface area contributed by atoms with E-state index in [2.05, 4.69) is 33.7 Å². The van der Waals surface area contributed by atoms with Crippen LogP contribution in [0, 0.1) is 0 Å². The maximum atomic E-state index is 12.2. The average Bonchev–Trinajstić information content (AvgIpc) is 2.53. The lowest BCUT2D eigenvalue weighted by Crippen LogP contribution is -2.45. The van der Waals surface area contributed by atoms with E-state index in [0.717, 1.165) is 51.5 Å². The highest BCUT2D eigenvalue weighted by atomic mass is 16.2. The van der Waals surface area contributed by atoms with Crippen LogP contribution in [0.2, 0.25) is 0 Å². The lowest BCUT2D eigenvalue weighted by molar-refractivity contribution is 0.0792. The smallest absolute Gasteiger partial charge is 0.256 e. The zero-order valence-corrected chi connectivity index (χ0v) is 13.2. The minimum Gasteiger partial charge on any atom is -0.342 e. The van der Waals surface area contributed by atoms with Gasteiger partial charge < -0.3 is 14.7 Å². The summed E-state index contributed by atoms with van der Waals surface area (Å²) in [5, 5.41) is 0. The maximum Gasteiger partial charge on any atom is 0.256 e. The standard InChI is InChI=1S/C15H25N5O/c1-4-5-6-19(3)14(21)13-11-16-15(17-12-13)20-9-7-18(2)8-10-20/h11-12H,4-10H2,1-3H3. The molecule has 2 rings (SSSR count). The van der Waals surface area contributed by atoms with Gasteiger partial charge in [-0.1, -0.05) is 13.3 Å². The molecule has 1 amide bonds. The number of piperazine rings is 1. The first-order valence-corrected chi connectivity index (χ1v) is 7.62. The van der Waals surface area contributed by atoms with Crippen molar-refractivity contribution in [2.75, 3.05) is 51.7 Å². The molecule has 0 saturated carbocycles. The average molecular weight is 291 g/mol. The van der Waals surface area contributed by atoms with E-state index in [0.29, 0.717) is 5.56 Å². The molecule has 0 aliphatic carbocycles. The number of nitrogens with zero attached hydrogens (tertiary/aromatic N) is 5. The van der Waals surface area contributed by atoms with Gasteiger partial charge >= 0.3 is 0 Å². The maximum absolute atomic E-state index is 12.2. The topological polar surface area (TPSA) is 52.6 Å². The third-order valence-corrected chi connectivity index (χ3v) is 3.87. The molecule has 21 heavy (non-hydrogen) atoms. The minimum absolute atomic E-state index is 0.00613. The highest BCUT2D eigenvalue weighted by Gasteiger charge is 2.17. The second kappa shape index (κ2) is 7.36. The molecule has 1 aliphatic rings. The van der Waals surface area contributed by atoms with Crippen LogP contribution in [0.4, 0.5) is 5.95 Å². The van der Waals surface area contributed by atoms with Crippen molar-refractivity contribution in [3.8, 4) is 0 Å². The van der Waals surface area contributed by atoms with Crippen molar-refractivity contribution in [3.63, 3.8) is 0 Å². The monoisotopic (exact) mass is 291 g/mol. The van der Waals surface area contributed by atoms with E-state index < -0.39 is 0 Å². The van der Waals surface area contributed by atoms with Gasteiger partial charge in [-0.25, -0.2) is 9.97 Å². The summed E-state index contributed by atoms with van der Waals surface area (Å²) in [5.74, 6) is 0.712. The molecular weight excluding hydrogens is 266 g/mol. The van der Waals surface area contributed by atoms with Crippen molar-refractivity contribution >= 4 is 11.9 Å². The van der Waals surface area contributed by atoms with Crippen LogP contribution in [0.25, 0.3) is 0 Å². The molecule has 0 N–H and O–H groups in total. The molecule has 2 heterocycles. The summed E-state index contributed by atoms with van der Waals surface area (Å²) >= 11 is 0. The molecule has 6 nitrogen and oxygen atoms in total. The fraction of sp³-hybridized carbons (Fsp3) is 0.667. The number of rotatable bonds is 5. The third-order valence-electron chi connectivity index (χ3n) is 3.87. The summed E-state index contributed by atoms with van der Waals surface area (Å²) < 4.78 is 0. The first kappa shape index (κ1) is 15.7. The van der Waals surface area contributed by atoms with Crippen LogP contribution >= 0.6 is 0 Å². The van der Waals surface area contributed by atoms with E-state index in [-0.39, 0.29) is 5.91 Å². The molecule has 0 bridgehead atoms. The molecule has 1 aliphatic heterocycles. The molecule has 1 aromatic rings. The Hall–Kier alpha value is -1.69. The molecule has 1 aromatic heterocycles. The number of likely N-dealkylation sites (N-methyl/N-ethyl adjacent to an activating group) is 1. The van der Waals surface area contributed by atoms with Gasteiger partial charge in [-0.15, -0.1) is 0 Å². The Balaban J connectivity index is 1.96. The predicted octanol–water partition coefficient (Wildman–Crippen LogP) is 1.10. The molecule has 0 spiro atoms.